The Kier molecular flexibility index (Phi) is 4.74. The van der Waals surface area contributed by atoms with Crippen LogP contribution >= 0.6 is 0 Å². The molecule has 12 rings (SSSR count). The maximum atomic E-state index is 6.19. The molecule has 0 spiro atoms. The lowest BCUT2D eigenvalue weighted by atomic mass is 9.92. The molecule has 0 amide bonds. The molecule has 49 heavy (non-hydrogen) atoms. The second-order valence-electron chi connectivity index (χ2n) is 13.3. The van der Waals surface area contributed by atoms with E-state index in [2.05, 4.69) is 138 Å². The van der Waals surface area contributed by atoms with E-state index in [9.17, 15) is 0 Å². The minimum atomic E-state index is -0.129. The third-order valence-corrected chi connectivity index (χ3v) is 10.8. The lowest BCUT2D eigenvalue weighted by molar-refractivity contribution is 0.669. The monoisotopic (exact) mass is 623 g/mol. The summed E-state index contributed by atoms with van der Waals surface area (Å²) in [6, 6.07) is 52.0. The van der Waals surface area contributed by atoms with Gasteiger partial charge in [0.2, 0.25) is 0 Å². The van der Waals surface area contributed by atoms with Crippen LogP contribution in [0.3, 0.4) is 0 Å². The highest BCUT2D eigenvalue weighted by molar-refractivity contribution is 6.28. The average Bonchev–Trinajstić information content (AvgIpc) is 3.89. The van der Waals surface area contributed by atoms with Crippen LogP contribution < -0.4 is 0 Å². The molecule has 1 aliphatic carbocycles. The summed E-state index contributed by atoms with van der Waals surface area (Å²) in [6.45, 7) is 0. The van der Waals surface area contributed by atoms with E-state index in [1.807, 2.05) is 12.1 Å². The molecule has 4 heteroatoms. The van der Waals surface area contributed by atoms with Crippen LogP contribution in [0.2, 0.25) is 0 Å². The fourth-order valence-corrected chi connectivity index (χ4v) is 8.79. The fraction of sp³-hybridized carbons (Fsp3) is 0.0222. The summed E-state index contributed by atoms with van der Waals surface area (Å²) in [5.74, 6) is 0.690. The molecule has 0 radical (unpaired) electrons. The van der Waals surface area contributed by atoms with Gasteiger partial charge in [-0.15, -0.1) is 0 Å². The number of hydrogen-bond acceptors (Lipinski definition) is 3. The van der Waals surface area contributed by atoms with Gasteiger partial charge >= 0.3 is 0 Å². The Labute approximate surface area is 279 Å². The van der Waals surface area contributed by atoms with Gasteiger partial charge in [0.25, 0.3) is 0 Å². The Morgan fingerprint density at radius 1 is 0.551 bits per heavy atom. The molecule has 7 aromatic carbocycles. The standard InChI is InChI=1S/C45H25N3O/c1-2-12-27-25(11-1)23-34-40-41(29-14-3-4-15-30(29)43(40)48-36-19-9-6-17-32(36)39(27)44(34)48)45-46-35-18-8-5-16-31(35)42(47-45)26-21-22-38-33(24-26)28-13-7-10-20-37(28)49-38/h1-24,41H. The quantitative estimate of drug-likeness (QED) is 0.192. The summed E-state index contributed by atoms with van der Waals surface area (Å²) in [5.41, 5.74) is 12.2. The van der Waals surface area contributed by atoms with Crippen molar-refractivity contribution in [3.63, 3.8) is 0 Å². The first kappa shape index (κ1) is 25.6. The molecule has 4 aromatic heterocycles. The third-order valence-electron chi connectivity index (χ3n) is 10.8. The van der Waals surface area contributed by atoms with Crippen LogP contribution in [0.4, 0.5) is 0 Å². The van der Waals surface area contributed by atoms with Crippen molar-refractivity contribution < 1.29 is 4.42 Å². The lowest BCUT2D eigenvalue weighted by Crippen LogP contribution is -2.07. The van der Waals surface area contributed by atoms with Gasteiger partial charge in [-0.3, -0.25) is 0 Å². The second-order valence-corrected chi connectivity index (χ2v) is 13.3. The SMILES string of the molecule is c1ccc2c(c1)-c1c(c3cc4ccccc4c4c5ccccc5n1c34)C2c1nc(-c2ccc3oc4ccccc4c3c2)c2ccccc2n1. The van der Waals surface area contributed by atoms with Gasteiger partial charge in [0.1, 0.15) is 17.0 Å². The van der Waals surface area contributed by atoms with Crippen LogP contribution in [-0.2, 0) is 0 Å². The van der Waals surface area contributed by atoms with E-state index in [0.29, 0.717) is 0 Å². The number of aromatic nitrogens is 3. The molecule has 4 nitrogen and oxygen atoms in total. The summed E-state index contributed by atoms with van der Waals surface area (Å²) >= 11 is 0. The zero-order valence-electron chi connectivity index (χ0n) is 26.2. The van der Waals surface area contributed by atoms with Crippen molar-refractivity contribution >= 4 is 70.8 Å². The predicted molar refractivity (Wildman–Crippen MR) is 200 cm³/mol. The Hall–Kier alpha value is -6.52. The van der Waals surface area contributed by atoms with E-state index < -0.39 is 0 Å². The van der Waals surface area contributed by atoms with Gasteiger partial charge in [-0.1, -0.05) is 103 Å². The van der Waals surface area contributed by atoms with Crippen molar-refractivity contribution in [2.45, 2.75) is 5.92 Å². The minimum absolute atomic E-state index is 0.129. The Bertz CT molecular complexity index is 3180. The maximum Gasteiger partial charge on any atom is 0.141 e. The van der Waals surface area contributed by atoms with Crippen molar-refractivity contribution in [2.24, 2.45) is 0 Å². The highest BCUT2D eigenvalue weighted by Gasteiger charge is 2.38. The van der Waals surface area contributed by atoms with Crippen molar-refractivity contribution in [3.05, 3.63) is 163 Å². The summed E-state index contributed by atoms with van der Waals surface area (Å²) in [7, 11) is 0. The first-order valence-electron chi connectivity index (χ1n) is 16.8. The van der Waals surface area contributed by atoms with Crippen molar-refractivity contribution in [1.29, 1.82) is 0 Å². The van der Waals surface area contributed by atoms with E-state index in [4.69, 9.17) is 14.4 Å². The molecule has 1 atom stereocenters. The first-order valence-corrected chi connectivity index (χ1v) is 16.8. The van der Waals surface area contributed by atoms with E-state index in [0.717, 1.165) is 49.9 Å². The Morgan fingerprint density at radius 2 is 1.29 bits per heavy atom. The second kappa shape index (κ2) is 9.09. The molecular weight excluding hydrogens is 599 g/mol. The normalized spacial score (nSPS) is 14.3. The van der Waals surface area contributed by atoms with Crippen LogP contribution in [0.1, 0.15) is 22.9 Å². The number of para-hydroxylation sites is 3. The number of furan rings is 1. The number of hydrogen-bond donors (Lipinski definition) is 0. The molecule has 0 saturated carbocycles. The number of benzene rings is 7. The van der Waals surface area contributed by atoms with Crippen LogP contribution in [0.5, 0.6) is 0 Å². The van der Waals surface area contributed by atoms with Crippen LogP contribution in [0.15, 0.2) is 150 Å². The molecular formula is C45H25N3O. The van der Waals surface area contributed by atoms with Gasteiger partial charge in [-0.05, 0) is 58.8 Å². The molecule has 4 heterocycles. The van der Waals surface area contributed by atoms with Crippen molar-refractivity contribution in [1.82, 2.24) is 14.4 Å². The van der Waals surface area contributed by atoms with E-state index >= 15 is 0 Å². The van der Waals surface area contributed by atoms with Gasteiger partial charge < -0.3 is 8.82 Å². The predicted octanol–water partition coefficient (Wildman–Crippen LogP) is 11.5. The van der Waals surface area contributed by atoms with E-state index in [1.54, 1.807) is 0 Å². The smallest absolute Gasteiger partial charge is 0.141 e. The molecule has 11 aromatic rings. The molecule has 0 N–H and O–H groups in total. The molecule has 0 saturated heterocycles. The molecule has 0 bridgehead atoms. The van der Waals surface area contributed by atoms with Crippen molar-refractivity contribution in [3.8, 4) is 22.5 Å². The number of nitrogens with zero attached hydrogens (tertiary/aromatic N) is 3. The summed E-state index contributed by atoms with van der Waals surface area (Å²) < 4.78 is 8.71. The summed E-state index contributed by atoms with van der Waals surface area (Å²) in [6.07, 6.45) is 0. The number of fused-ring (bicyclic) bond motifs is 14. The minimum Gasteiger partial charge on any atom is -0.456 e. The molecule has 1 aliphatic rings. The van der Waals surface area contributed by atoms with Gasteiger partial charge in [0, 0.05) is 49.0 Å². The Balaban J connectivity index is 1.19. The van der Waals surface area contributed by atoms with Crippen molar-refractivity contribution in [2.75, 3.05) is 0 Å². The highest BCUT2D eigenvalue weighted by Crippen LogP contribution is 2.55. The van der Waals surface area contributed by atoms with Crippen LogP contribution in [-0.4, -0.2) is 14.4 Å². The molecule has 1 unspecified atom stereocenters. The van der Waals surface area contributed by atoms with Gasteiger partial charge in [0.05, 0.1) is 33.9 Å². The number of rotatable bonds is 2. The highest BCUT2D eigenvalue weighted by atomic mass is 16.3. The largest absolute Gasteiger partial charge is 0.456 e. The fourth-order valence-electron chi connectivity index (χ4n) is 8.79. The third kappa shape index (κ3) is 3.23. The topological polar surface area (TPSA) is 43.3 Å². The van der Waals surface area contributed by atoms with E-state index in [-0.39, 0.29) is 5.92 Å². The lowest BCUT2D eigenvalue weighted by Gasteiger charge is -2.16. The molecule has 0 aliphatic heterocycles. The average molecular weight is 624 g/mol. The van der Waals surface area contributed by atoms with Gasteiger partial charge in [0.15, 0.2) is 0 Å². The Morgan fingerprint density at radius 3 is 2.22 bits per heavy atom. The molecule has 226 valence electrons. The van der Waals surface area contributed by atoms with Crippen LogP contribution in [0.25, 0.3) is 93.3 Å². The summed E-state index contributed by atoms with van der Waals surface area (Å²) in [5, 5.41) is 9.64. The zero-order chi connectivity index (χ0) is 31.8. The zero-order valence-corrected chi connectivity index (χ0v) is 26.2. The van der Waals surface area contributed by atoms with Gasteiger partial charge in [-0.25, -0.2) is 9.97 Å². The van der Waals surface area contributed by atoms with Gasteiger partial charge in [-0.2, -0.15) is 0 Å². The van der Waals surface area contributed by atoms with Crippen LogP contribution in [0, 0.1) is 0 Å². The molecule has 0 fully saturated rings. The maximum absolute atomic E-state index is 6.19. The summed E-state index contributed by atoms with van der Waals surface area (Å²) in [4.78, 5) is 10.9. The van der Waals surface area contributed by atoms with E-state index in [1.165, 1.54) is 60.3 Å². The first-order chi connectivity index (χ1) is 24.3.